The summed E-state index contributed by atoms with van der Waals surface area (Å²) in [5, 5.41) is 0. The van der Waals surface area contributed by atoms with Crippen LogP contribution >= 0.6 is 0 Å². The van der Waals surface area contributed by atoms with E-state index in [-0.39, 0.29) is 5.97 Å². The molecule has 6 heteroatoms. The number of nitrogens with zero attached hydrogens (tertiary/aromatic N) is 4. The predicted molar refractivity (Wildman–Crippen MR) is 64.1 cm³/mol. The van der Waals surface area contributed by atoms with Gasteiger partial charge < -0.3 is 4.74 Å². The Kier molecular flexibility index (Phi) is 2.33. The number of hydrogen-bond donors (Lipinski definition) is 0. The maximum Gasteiger partial charge on any atom is 0.340 e. The fourth-order valence-electron chi connectivity index (χ4n) is 1.90. The number of carbonyl (C=O) groups is 1. The smallest absolute Gasteiger partial charge is 0.340 e. The highest BCUT2D eigenvalue weighted by molar-refractivity contribution is 6.01. The van der Waals surface area contributed by atoms with Gasteiger partial charge in [0, 0.05) is 24.8 Å². The molecule has 0 unspecified atom stereocenters. The maximum absolute atomic E-state index is 11.8. The van der Waals surface area contributed by atoms with Crippen molar-refractivity contribution in [2.75, 3.05) is 7.11 Å². The Hall–Kier alpha value is -2.63. The van der Waals surface area contributed by atoms with Crippen LogP contribution in [0.4, 0.5) is 0 Å². The van der Waals surface area contributed by atoms with Gasteiger partial charge in [0.1, 0.15) is 11.8 Å². The van der Waals surface area contributed by atoms with E-state index in [2.05, 4.69) is 9.97 Å². The predicted octanol–water partition coefficient (Wildman–Crippen LogP) is 1.33. The zero-order valence-corrected chi connectivity index (χ0v) is 9.65. The summed E-state index contributed by atoms with van der Waals surface area (Å²) in [5.74, 6) is -0.387. The molecule has 6 nitrogen and oxygen atoms in total. The zero-order valence-electron chi connectivity index (χ0n) is 9.65. The van der Waals surface area contributed by atoms with E-state index in [0.717, 1.165) is 5.52 Å². The Balaban J connectivity index is 2.31. The lowest BCUT2D eigenvalue weighted by Crippen LogP contribution is -2.10. The molecule has 3 aromatic rings. The maximum atomic E-state index is 11.8. The molecule has 0 radical (unpaired) electrons. The molecule has 3 rings (SSSR count). The molecule has 0 aliphatic heterocycles. The first-order valence-corrected chi connectivity index (χ1v) is 5.34. The lowest BCUT2D eigenvalue weighted by Gasteiger charge is -2.08. The molecule has 0 atom stereocenters. The Morgan fingerprint density at radius 2 is 2.17 bits per heavy atom. The molecular formula is C12H10N4O2. The van der Waals surface area contributed by atoms with Crippen LogP contribution in [0.3, 0.4) is 0 Å². The largest absolute Gasteiger partial charge is 0.465 e. The SMILES string of the molecule is COC(=O)c1ccnc2ccn(-n3ccnc3)c12. The van der Waals surface area contributed by atoms with Gasteiger partial charge in [0.2, 0.25) is 0 Å². The van der Waals surface area contributed by atoms with Crippen molar-refractivity contribution in [3.8, 4) is 0 Å². The van der Waals surface area contributed by atoms with Crippen molar-refractivity contribution in [2.45, 2.75) is 0 Å². The highest BCUT2D eigenvalue weighted by Gasteiger charge is 2.15. The van der Waals surface area contributed by atoms with Gasteiger partial charge in [0.15, 0.2) is 0 Å². The van der Waals surface area contributed by atoms with Crippen LogP contribution in [-0.4, -0.2) is 32.4 Å². The summed E-state index contributed by atoms with van der Waals surface area (Å²) in [7, 11) is 1.36. The number of hydrogen-bond acceptors (Lipinski definition) is 4. The van der Waals surface area contributed by atoms with Crippen LogP contribution < -0.4 is 0 Å². The number of aromatic nitrogens is 4. The van der Waals surface area contributed by atoms with Gasteiger partial charge in [-0.15, -0.1) is 0 Å². The summed E-state index contributed by atoms with van der Waals surface area (Å²) in [6.45, 7) is 0. The van der Waals surface area contributed by atoms with Crippen molar-refractivity contribution in [1.29, 1.82) is 0 Å². The van der Waals surface area contributed by atoms with Gasteiger partial charge in [0.05, 0.1) is 18.2 Å². The van der Waals surface area contributed by atoms with Gasteiger partial charge in [-0.05, 0) is 12.1 Å². The van der Waals surface area contributed by atoms with Crippen molar-refractivity contribution in [2.24, 2.45) is 0 Å². The molecule has 18 heavy (non-hydrogen) atoms. The Morgan fingerprint density at radius 1 is 1.28 bits per heavy atom. The molecule has 3 heterocycles. The second-order valence-electron chi connectivity index (χ2n) is 3.69. The van der Waals surface area contributed by atoms with Crippen LogP contribution in [-0.2, 0) is 4.74 Å². The van der Waals surface area contributed by atoms with Crippen LogP contribution in [0.25, 0.3) is 11.0 Å². The Bertz CT molecular complexity index is 700. The lowest BCUT2D eigenvalue weighted by molar-refractivity contribution is 0.0602. The first kappa shape index (κ1) is 10.5. The quantitative estimate of drug-likeness (QED) is 0.636. The first-order chi connectivity index (χ1) is 8.81. The van der Waals surface area contributed by atoms with Crippen molar-refractivity contribution >= 4 is 17.0 Å². The molecule has 0 amide bonds. The van der Waals surface area contributed by atoms with E-state index in [0.29, 0.717) is 11.1 Å². The summed E-state index contributed by atoms with van der Waals surface area (Å²) in [6.07, 6.45) is 8.51. The second kappa shape index (κ2) is 3.99. The molecular weight excluding hydrogens is 232 g/mol. The fraction of sp³-hybridized carbons (Fsp3) is 0.0833. The van der Waals surface area contributed by atoms with Gasteiger partial charge in [-0.2, -0.15) is 0 Å². The van der Waals surface area contributed by atoms with Crippen LogP contribution in [0, 0.1) is 0 Å². The number of pyridine rings is 1. The molecule has 0 aromatic carbocycles. The van der Waals surface area contributed by atoms with Crippen molar-refractivity contribution < 1.29 is 9.53 Å². The molecule has 0 saturated carbocycles. The van der Waals surface area contributed by atoms with E-state index < -0.39 is 0 Å². The van der Waals surface area contributed by atoms with Crippen LogP contribution in [0.1, 0.15) is 10.4 Å². The standard InChI is InChI=1S/C12H10N4O2/c1-18-12(17)9-2-4-14-10-3-6-16(11(9)10)15-7-5-13-8-15/h2-8H,1H3. The fourth-order valence-corrected chi connectivity index (χ4v) is 1.90. The lowest BCUT2D eigenvalue weighted by atomic mass is 10.2. The Morgan fingerprint density at radius 3 is 2.89 bits per heavy atom. The van der Waals surface area contributed by atoms with Crippen molar-refractivity contribution in [1.82, 2.24) is 19.3 Å². The molecule has 0 spiro atoms. The summed E-state index contributed by atoms with van der Waals surface area (Å²) >= 11 is 0. The van der Waals surface area contributed by atoms with Crippen LogP contribution in [0.15, 0.2) is 43.2 Å². The normalized spacial score (nSPS) is 10.7. The third kappa shape index (κ3) is 1.46. The number of ether oxygens (including phenoxy) is 1. The molecule has 0 fully saturated rings. The van der Waals surface area contributed by atoms with E-state index >= 15 is 0 Å². The number of carbonyl (C=O) groups excluding carboxylic acids is 1. The minimum Gasteiger partial charge on any atom is -0.465 e. The van der Waals surface area contributed by atoms with Crippen LogP contribution in [0.5, 0.6) is 0 Å². The summed E-state index contributed by atoms with van der Waals surface area (Å²) < 4.78 is 8.33. The van der Waals surface area contributed by atoms with E-state index in [1.54, 1.807) is 40.3 Å². The average Bonchev–Trinajstić information content (AvgIpc) is 3.05. The van der Waals surface area contributed by atoms with E-state index in [4.69, 9.17) is 4.74 Å². The molecule has 0 bridgehead atoms. The van der Waals surface area contributed by atoms with Gasteiger partial charge >= 0.3 is 5.97 Å². The number of methoxy groups -OCH3 is 1. The van der Waals surface area contributed by atoms with Crippen molar-refractivity contribution in [3.63, 3.8) is 0 Å². The number of fused-ring (bicyclic) bond motifs is 1. The monoisotopic (exact) mass is 242 g/mol. The molecule has 0 aliphatic rings. The molecule has 0 N–H and O–H groups in total. The minimum atomic E-state index is -0.387. The number of rotatable bonds is 2. The molecule has 0 saturated heterocycles. The van der Waals surface area contributed by atoms with Crippen LogP contribution in [0.2, 0.25) is 0 Å². The topological polar surface area (TPSA) is 61.9 Å². The van der Waals surface area contributed by atoms with E-state index in [9.17, 15) is 4.79 Å². The summed E-state index contributed by atoms with van der Waals surface area (Å²) in [4.78, 5) is 20.0. The first-order valence-electron chi connectivity index (χ1n) is 5.34. The highest BCUT2D eigenvalue weighted by Crippen LogP contribution is 2.19. The van der Waals surface area contributed by atoms with Gasteiger partial charge in [-0.25, -0.2) is 14.5 Å². The van der Waals surface area contributed by atoms with Gasteiger partial charge in [-0.1, -0.05) is 0 Å². The Labute approximate surface area is 102 Å². The van der Waals surface area contributed by atoms with E-state index in [1.807, 2.05) is 12.3 Å². The number of esters is 1. The summed E-state index contributed by atoms with van der Waals surface area (Å²) in [6, 6.07) is 3.48. The van der Waals surface area contributed by atoms with E-state index in [1.165, 1.54) is 7.11 Å². The summed E-state index contributed by atoms with van der Waals surface area (Å²) in [5.41, 5.74) is 1.90. The molecule has 0 aliphatic carbocycles. The third-order valence-electron chi connectivity index (χ3n) is 2.70. The highest BCUT2D eigenvalue weighted by atomic mass is 16.5. The van der Waals surface area contributed by atoms with Crippen molar-refractivity contribution in [3.05, 3.63) is 48.8 Å². The zero-order chi connectivity index (χ0) is 12.5. The molecule has 90 valence electrons. The van der Waals surface area contributed by atoms with Gasteiger partial charge in [0.25, 0.3) is 0 Å². The van der Waals surface area contributed by atoms with Gasteiger partial charge in [-0.3, -0.25) is 9.66 Å². The third-order valence-corrected chi connectivity index (χ3v) is 2.70. The second-order valence-corrected chi connectivity index (χ2v) is 3.69. The number of imidazole rings is 1. The molecule has 3 aromatic heterocycles. The average molecular weight is 242 g/mol. The minimum absolute atomic E-state index is 0.387.